The smallest absolute Gasteiger partial charge is 0.154 e. The molecule has 1 saturated heterocycles. The average Bonchev–Trinajstić information content (AvgIpc) is 2.76. The molecule has 19 heavy (non-hydrogen) atoms. The molecule has 108 valence electrons. The van der Waals surface area contributed by atoms with E-state index in [0.29, 0.717) is 12.6 Å². The highest BCUT2D eigenvalue weighted by molar-refractivity contribution is 7.92. The largest absolute Gasteiger partial charge is 0.298 e. The van der Waals surface area contributed by atoms with E-state index in [2.05, 4.69) is 23.8 Å². The zero-order chi connectivity index (χ0) is 14.0. The van der Waals surface area contributed by atoms with Crippen molar-refractivity contribution in [3.63, 3.8) is 0 Å². The molecular weight excluding hydrogens is 262 g/mol. The van der Waals surface area contributed by atoms with Crippen molar-refractivity contribution in [3.05, 3.63) is 18.0 Å². The van der Waals surface area contributed by atoms with Gasteiger partial charge < -0.3 is 0 Å². The fourth-order valence-electron chi connectivity index (χ4n) is 2.27. The predicted molar refractivity (Wildman–Crippen MR) is 75.8 cm³/mol. The van der Waals surface area contributed by atoms with E-state index in [9.17, 15) is 8.42 Å². The number of hydrogen-bond acceptors (Lipinski definition) is 4. The van der Waals surface area contributed by atoms with Crippen LogP contribution in [0.25, 0.3) is 0 Å². The van der Waals surface area contributed by atoms with Gasteiger partial charge in [0.05, 0.1) is 17.2 Å². The molecule has 2 heterocycles. The second-order valence-corrected chi connectivity index (χ2v) is 8.20. The van der Waals surface area contributed by atoms with Gasteiger partial charge in [-0.1, -0.05) is 0 Å². The molecule has 5 nitrogen and oxygen atoms in total. The van der Waals surface area contributed by atoms with Gasteiger partial charge >= 0.3 is 0 Å². The number of hydrogen-bond donors (Lipinski definition) is 0. The molecule has 0 amide bonds. The molecule has 0 saturated carbocycles. The lowest BCUT2D eigenvalue weighted by Crippen LogP contribution is -2.26. The van der Waals surface area contributed by atoms with E-state index in [4.69, 9.17) is 0 Å². The van der Waals surface area contributed by atoms with Crippen LogP contribution in [0, 0.1) is 0 Å². The molecule has 1 aromatic rings. The summed E-state index contributed by atoms with van der Waals surface area (Å²) < 4.78 is 25.6. The van der Waals surface area contributed by atoms with Crippen molar-refractivity contribution >= 4 is 9.84 Å². The van der Waals surface area contributed by atoms with Crippen molar-refractivity contribution in [2.75, 3.05) is 18.8 Å². The van der Waals surface area contributed by atoms with Gasteiger partial charge in [0.1, 0.15) is 0 Å². The van der Waals surface area contributed by atoms with Crippen LogP contribution < -0.4 is 0 Å². The predicted octanol–water partition coefficient (Wildman–Crippen LogP) is 1.47. The summed E-state index contributed by atoms with van der Waals surface area (Å²) in [5, 5.41) is 4.11. The highest BCUT2D eigenvalue weighted by Gasteiger charge is 2.26. The number of sulfone groups is 1. The van der Waals surface area contributed by atoms with Crippen molar-refractivity contribution in [2.45, 2.75) is 45.0 Å². The van der Waals surface area contributed by atoms with E-state index in [0.717, 1.165) is 25.1 Å². The summed E-state index contributed by atoms with van der Waals surface area (Å²) in [6.45, 7) is 8.26. The van der Waals surface area contributed by atoms with Crippen molar-refractivity contribution in [1.82, 2.24) is 14.7 Å². The Bertz CT molecular complexity index is 522. The number of nitrogens with zero attached hydrogens (tertiary/aromatic N) is 3. The third kappa shape index (κ3) is 3.57. The molecule has 2 rings (SSSR count). The Morgan fingerprint density at radius 3 is 2.79 bits per heavy atom. The van der Waals surface area contributed by atoms with Gasteiger partial charge in [-0.2, -0.15) is 5.10 Å². The second kappa shape index (κ2) is 5.63. The van der Waals surface area contributed by atoms with Gasteiger partial charge in [-0.05, 0) is 33.7 Å². The molecule has 0 aliphatic carbocycles. The van der Waals surface area contributed by atoms with Crippen molar-refractivity contribution < 1.29 is 8.42 Å². The van der Waals surface area contributed by atoms with Crippen LogP contribution in [0.3, 0.4) is 0 Å². The Balaban J connectivity index is 1.99. The van der Waals surface area contributed by atoms with Crippen LogP contribution >= 0.6 is 0 Å². The molecule has 1 fully saturated rings. The van der Waals surface area contributed by atoms with Gasteiger partial charge in [0, 0.05) is 30.9 Å². The van der Waals surface area contributed by atoms with E-state index in [1.165, 1.54) is 0 Å². The SMILES string of the molecule is CC(C)n1cc(CN2CC[C@@H](C)S(=O)(=O)CC2)cn1. The Kier molecular flexibility index (Phi) is 4.30. The molecule has 0 aromatic carbocycles. The fourth-order valence-corrected chi connectivity index (χ4v) is 3.65. The van der Waals surface area contributed by atoms with E-state index < -0.39 is 9.84 Å². The first kappa shape index (κ1) is 14.5. The standard InChI is InChI=1S/C13H23N3O2S/c1-11(2)16-10-13(8-14-16)9-15-5-4-12(3)19(17,18)7-6-15/h8,10-12H,4-7,9H2,1-3H3/t12-/m1/s1. The molecule has 0 N–H and O–H groups in total. The van der Waals surface area contributed by atoms with Crippen LogP contribution in [0.1, 0.15) is 38.8 Å². The first-order chi connectivity index (χ1) is 8.88. The lowest BCUT2D eigenvalue weighted by atomic mass is 10.2. The summed E-state index contributed by atoms with van der Waals surface area (Å²) in [6.07, 6.45) is 4.65. The van der Waals surface area contributed by atoms with Gasteiger partial charge in [-0.25, -0.2) is 8.42 Å². The van der Waals surface area contributed by atoms with Gasteiger partial charge in [-0.3, -0.25) is 9.58 Å². The fraction of sp³-hybridized carbons (Fsp3) is 0.769. The molecule has 0 unspecified atom stereocenters. The first-order valence-corrected chi connectivity index (χ1v) is 8.57. The Morgan fingerprint density at radius 2 is 2.16 bits per heavy atom. The van der Waals surface area contributed by atoms with Crippen LogP contribution in [-0.4, -0.2) is 47.2 Å². The number of aromatic nitrogens is 2. The van der Waals surface area contributed by atoms with Crippen molar-refractivity contribution in [1.29, 1.82) is 0 Å². The minimum absolute atomic E-state index is 0.212. The van der Waals surface area contributed by atoms with Gasteiger partial charge in [0.15, 0.2) is 9.84 Å². The van der Waals surface area contributed by atoms with E-state index >= 15 is 0 Å². The van der Waals surface area contributed by atoms with Gasteiger partial charge in [-0.15, -0.1) is 0 Å². The van der Waals surface area contributed by atoms with E-state index in [-0.39, 0.29) is 11.0 Å². The highest BCUT2D eigenvalue weighted by Crippen LogP contribution is 2.15. The quantitative estimate of drug-likeness (QED) is 0.844. The van der Waals surface area contributed by atoms with Crippen LogP contribution in [0.4, 0.5) is 0 Å². The lowest BCUT2D eigenvalue weighted by molar-refractivity contribution is 0.283. The van der Waals surface area contributed by atoms with Crippen LogP contribution in [0.15, 0.2) is 12.4 Å². The summed E-state index contributed by atoms with van der Waals surface area (Å²) in [6, 6.07) is 0.360. The molecule has 1 aliphatic heterocycles. The molecule has 1 aromatic heterocycles. The maximum atomic E-state index is 11.8. The lowest BCUT2D eigenvalue weighted by Gasteiger charge is -2.18. The monoisotopic (exact) mass is 285 g/mol. The molecule has 0 radical (unpaired) electrons. The Hall–Kier alpha value is -0.880. The third-order valence-corrected chi connectivity index (χ3v) is 5.96. The third-order valence-electron chi connectivity index (χ3n) is 3.75. The van der Waals surface area contributed by atoms with Crippen molar-refractivity contribution in [2.24, 2.45) is 0 Å². The molecular formula is C13H23N3O2S. The summed E-state index contributed by atoms with van der Waals surface area (Å²) in [5.41, 5.74) is 1.15. The van der Waals surface area contributed by atoms with Crippen molar-refractivity contribution in [3.8, 4) is 0 Å². The molecule has 1 atom stereocenters. The van der Waals surface area contributed by atoms with Crippen LogP contribution in [0.5, 0.6) is 0 Å². The van der Waals surface area contributed by atoms with Gasteiger partial charge in [0.25, 0.3) is 0 Å². The highest BCUT2D eigenvalue weighted by atomic mass is 32.2. The maximum Gasteiger partial charge on any atom is 0.154 e. The number of rotatable bonds is 3. The minimum Gasteiger partial charge on any atom is -0.298 e. The normalized spacial score (nSPS) is 24.5. The minimum atomic E-state index is -2.89. The summed E-state index contributed by atoms with van der Waals surface area (Å²) >= 11 is 0. The summed E-state index contributed by atoms with van der Waals surface area (Å²) in [7, 11) is -2.89. The molecule has 1 aliphatic rings. The molecule has 6 heteroatoms. The van der Waals surface area contributed by atoms with Gasteiger partial charge in [0.2, 0.25) is 0 Å². The topological polar surface area (TPSA) is 55.2 Å². The average molecular weight is 285 g/mol. The maximum absolute atomic E-state index is 11.8. The Morgan fingerprint density at radius 1 is 1.42 bits per heavy atom. The molecule has 0 spiro atoms. The van der Waals surface area contributed by atoms with E-state index in [1.54, 1.807) is 0 Å². The van der Waals surface area contributed by atoms with Crippen LogP contribution in [-0.2, 0) is 16.4 Å². The molecule has 0 bridgehead atoms. The second-order valence-electron chi connectivity index (χ2n) is 5.66. The summed E-state index contributed by atoms with van der Waals surface area (Å²) in [4.78, 5) is 2.21. The zero-order valence-corrected chi connectivity index (χ0v) is 12.7. The zero-order valence-electron chi connectivity index (χ0n) is 11.9. The Labute approximate surface area is 115 Å². The van der Waals surface area contributed by atoms with E-state index in [1.807, 2.05) is 24.0 Å². The van der Waals surface area contributed by atoms with Crippen LogP contribution in [0.2, 0.25) is 0 Å². The summed E-state index contributed by atoms with van der Waals surface area (Å²) in [5.74, 6) is 0.270. The first-order valence-electron chi connectivity index (χ1n) is 6.85.